The third-order valence-corrected chi connectivity index (χ3v) is 3.30. The third kappa shape index (κ3) is 1.45. The molecular formula is C14H10ClNO2. The highest BCUT2D eigenvalue weighted by Crippen LogP contribution is 2.41. The van der Waals surface area contributed by atoms with E-state index < -0.39 is 0 Å². The molecule has 4 heteroatoms. The summed E-state index contributed by atoms with van der Waals surface area (Å²) in [6.07, 6.45) is 0. The van der Waals surface area contributed by atoms with Crippen molar-refractivity contribution in [1.82, 2.24) is 4.73 Å². The molecule has 0 saturated heterocycles. The Kier molecular flexibility index (Phi) is 2.42. The van der Waals surface area contributed by atoms with Crippen molar-refractivity contribution in [2.75, 3.05) is 0 Å². The summed E-state index contributed by atoms with van der Waals surface area (Å²) in [5.74, 6) is -0.204. The average molecular weight is 260 g/mol. The van der Waals surface area contributed by atoms with Crippen molar-refractivity contribution in [3.05, 3.63) is 53.6 Å². The molecule has 0 aliphatic carbocycles. The van der Waals surface area contributed by atoms with Gasteiger partial charge in [0.2, 0.25) is 5.88 Å². The molecule has 3 nitrogen and oxygen atoms in total. The molecule has 90 valence electrons. The summed E-state index contributed by atoms with van der Waals surface area (Å²) in [4.78, 5) is 0. The molecule has 0 saturated carbocycles. The lowest BCUT2D eigenvalue weighted by molar-refractivity contribution is 0.168. The molecule has 0 aliphatic heterocycles. The van der Waals surface area contributed by atoms with Gasteiger partial charge in [0.05, 0.1) is 11.1 Å². The van der Waals surface area contributed by atoms with Crippen LogP contribution < -0.4 is 0 Å². The lowest BCUT2D eigenvalue weighted by Crippen LogP contribution is -1.87. The quantitative estimate of drug-likeness (QED) is 0.651. The van der Waals surface area contributed by atoms with Gasteiger partial charge in [-0.1, -0.05) is 48.0 Å². The molecule has 18 heavy (non-hydrogen) atoms. The van der Waals surface area contributed by atoms with E-state index in [9.17, 15) is 10.3 Å². The first-order valence-electron chi connectivity index (χ1n) is 5.46. The molecule has 3 rings (SSSR count). The van der Waals surface area contributed by atoms with Gasteiger partial charge in [-0.25, -0.2) is 0 Å². The van der Waals surface area contributed by atoms with E-state index in [-0.39, 0.29) is 5.88 Å². The minimum absolute atomic E-state index is 0.204. The molecule has 0 unspecified atom stereocenters. The van der Waals surface area contributed by atoms with E-state index in [1.807, 2.05) is 30.3 Å². The van der Waals surface area contributed by atoms with Crippen molar-refractivity contribution in [3.63, 3.8) is 0 Å². The van der Waals surface area contributed by atoms with Crippen LogP contribution in [-0.2, 0) is 0 Å². The predicted octanol–water partition coefficient (Wildman–Crippen LogP) is 3.90. The SMILES string of the molecule is Oc1c(-c2ccccc2Cl)c2ccccc2n1O. The Bertz CT molecular complexity index is 734. The van der Waals surface area contributed by atoms with Crippen LogP contribution in [0.3, 0.4) is 0 Å². The number of hydrogen-bond donors (Lipinski definition) is 2. The number of halogens is 1. The Balaban J connectivity index is 2.43. The summed E-state index contributed by atoms with van der Waals surface area (Å²) < 4.78 is 0.772. The van der Waals surface area contributed by atoms with Gasteiger partial charge in [-0.3, -0.25) is 0 Å². The molecule has 2 N–H and O–H groups in total. The van der Waals surface area contributed by atoms with Gasteiger partial charge in [0, 0.05) is 16.0 Å². The van der Waals surface area contributed by atoms with Crippen molar-refractivity contribution in [2.24, 2.45) is 0 Å². The van der Waals surface area contributed by atoms with E-state index in [2.05, 4.69) is 0 Å². The smallest absolute Gasteiger partial charge is 0.233 e. The molecule has 1 aromatic heterocycles. The van der Waals surface area contributed by atoms with Crippen LogP contribution in [0.4, 0.5) is 0 Å². The predicted molar refractivity (Wildman–Crippen MR) is 71.2 cm³/mol. The van der Waals surface area contributed by atoms with Crippen LogP contribution in [0.2, 0.25) is 5.02 Å². The number of aromatic nitrogens is 1. The van der Waals surface area contributed by atoms with Crippen LogP contribution in [0.25, 0.3) is 22.0 Å². The molecule has 0 atom stereocenters. The minimum atomic E-state index is -0.204. The first-order chi connectivity index (χ1) is 8.70. The van der Waals surface area contributed by atoms with E-state index in [1.54, 1.807) is 18.2 Å². The van der Waals surface area contributed by atoms with E-state index in [0.717, 1.165) is 10.1 Å². The molecular weight excluding hydrogens is 250 g/mol. The third-order valence-electron chi connectivity index (χ3n) is 2.97. The first kappa shape index (κ1) is 11.0. The zero-order valence-electron chi connectivity index (χ0n) is 9.34. The monoisotopic (exact) mass is 259 g/mol. The van der Waals surface area contributed by atoms with Crippen molar-refractivity contribution < 1.29 is 10.3 Å². The fourth-order valence-corrected chi connectivity index (χ4v) is 2.37. The second kappa shape index (κ2) is 3.96. The summed E-state index contributed by atoms with van der Waals surface area (Å²) in [6.45, 7) is 0. The van der Waals surface area contributed by atoms with Gasteiger partial charge in [-0.15, -0.1) is 0 Å². The highest BCUT2D eigenvalue weighted by atomic mass is 35.5. The van der Waals surface area contributed by atoms with Crippen LogP contribution in [0, 0.1) is 0 Å². The van der Waals surface area contributed by atoms with Gasteiger partial charge in [0.15, 0.2) is 0 Å². The maximum Gasteiger partial charge on any atom is 0.233 e. The van der Waals surface area contributed by atoms with Crippen LogP contribution in [0.1, 0.15) is 0 Å². The van der Waals surface area contributed by atoms with Gasteiger partial charge < -0.3 is 10.3 Å². The van der Waals surface area contributed by atoms with E-state index in [1.165, 1.54) is 0 Å². The highest BCUT2D eigenvalue weighted by molar-refractivity contribution is 6.33. The molecule has 0 amide bonds. The van der Waals surface area contributed by atoms with Crippen molar-refractivity contribution in [3.8, 4) is 17.0 Å². The zero-order chi connectivity index (χ0) is 12.7. The van der Waals surface area contributed by atoms with Gasteiger partial charge in [0.1, 0.15) is 0 Å². The normalized spacial score (nSPS) is 10.9. The van der Waals surface area contributed by atoms with E-state index in [0.29, 0.717) is 21.7 Å². The number of aromatic hydroxyl groups is 1. The Morgan fingerprint density at radius 3 is 2.39 bits per heavy atom. The van der Waals surface area contributed by atoms with Gasteiger partial charge in [0.25, 0.3) is 0 Å². The number of nitrogens with zero attached hydrogens (tertiary/aromatic N) is 1. The van der Waals surface area contributed by atoms with Gasteiger partial charge in [-0.2, -0.15) is 4.73 Å². The Labute approximate surface area is 108 Å². The molecule has 0 spiro atoms. The summed E-state index contributed by atoms with van der Waals surface area (Å²) in [7, 11) is 0. The number of para-hydroxylation sites is 1. The molecule has 3 aromatic rings. The van der Waals surface area contributed by atoms with Crippen molar-refractivity contribution in [2.45, 2.75) is 0 Å². The highest BCUT2D eigenvalue weighted by Gasteiger charge is 2.18. The summed E-state index contributed by atoms with van der Waals surface area (Å²) in [5, 5.41) is 21.2. The lowest BCUT2D eigenvalue weighted by Gasteiger charge is -2.03. The Morgan fingerprint density at radius 2 is 1.61 bits per heavy atom. The number of rotatable bonds is 1. The van der Waals surface area contributed by atoms with Crippen LogP contribution >= 0.6 is 11.6 Å². The minimum Gasteiger partial charge on any atom is -0.492 e. The van der Waals surface area contributed by atoms with Crippen LogP contribution in [0.5, 0.6) is 5.88 Å². The van der Waals surface area contributed by atoms with Crippen LogP contribution in [0.15, 0.2) is 48.5 Å². The summed E-state index contributed by atoms with van der Waals surface area (Å²) in [6, 6.07) is 14.4. The fraction of sp³-hybridized carbons (Fsp3) is 0. The van der Waals surface area contributed by atoms with Crippen LogP contribution in [-0.4, -0.2) is 15.0 Å². The molecule has 0 radical (unpaired) electrons. The maximum absolute atomic E-state index is 10.1. The number of benzene rings is 2. The lowest BCUT2D eigenvalue weighted by atomic mass is 10.0. The van der Waals surface area contributed by atoms with Crippen molar-refractivity contribution >= 4 is 22.5 Å². The fourth-order valence-electron chi connectivity index (χ4n) is 2.14. The van der Waals surface area contributed by atoms with Crippen molar-refractivity contribution in [1.29, 1.82) is 0 Å². The zero-order valence-corrected chi connectivity index (χ0v) is 10.1. The molecule has 0 bridgehead atoms. The maximum atomic E-state index is 10.1. The summed E-state index contributed by atoms with van der Waals surface area (Å²) in [5.41, 5.74) is 1.78. The molecule has 0 aliphatic rings. The number of fused-ring (bicyclic) bond motifs is 1. The standard InChI is InChI=1S/C14H10ClNO2/c15-11-7-3-1-5-9(11)13-10-6-2-4-8-12(10)16(18)14(13)17/h1-8,17-18H. The largest absolute Gasteiger partial charge is 0.492 e. The topological polar surface area (TPSA) is 45.4 Å². The van der Waals surface area contributed by atoms with Gasteiger partial charge >= 0.3 is 0 Å². The molecule has 1 heterocycles. The van der Waals surface area contributed by atoms with Gasteiger partial charge in [-0.05, 0) is 12.1 Å². The first-order valence-corrected chi connectivity index (χ1v) is 5.84. The second-order valence-electron chi connectivity index (χ2n) is 4.01. The number of hydrogen-bond acceptors (Lipinski definition) is 2. The molecule has 0 fully saturated rings. The Morgan fingerprint density at radius 1 is 0.944 bits per heavy atom. The Hall–Kier alpha value is -2.13. The summed E-state index contributed by atoms with van der Waals surface area (Å²) >= 11 is 6.14. The van der Waals surface area contributed by atoms with E-state index >= 15 is 0 Å². The average Bonchev–Trinajstić information content (AvgIpc) is 2.64. The second-order valence-corrected chi connectivity index (χ2v) is 4.41. The molecule has 2 aromatic carbocycles. The van der Waals surface area contributed by atoms with E-state index in [4.69, 9.17) is 11.6 Å².